The lowest BCUT2D eigenvalue weighted by Crippen LogP contribution is -2.27. The van der Waals surface area contributed by atoms with E-state index in [1.54, 1.807) is 42.5 Å². The van der Waals surface area contributed by atoms with Crippen molar-refractivity contribution in [1.82, 2.24) is 4.90 Å². The van der Waals surface area contributed by atoms with Crippen LogP contribution in [0.25, 0.3) is 6.08 Å². The summed E-state index contributed by atoms with van der Waals surface area (Å²) in [4.78, 5) is 37.6. The predicted molar refractivity (Wildman–Crippen MR) is 133 cm³/mol. The fraction of sp³-hybridized carbons (Fsp3) is 0.120. The van der Waals surface area contributed by atoms with Gasteiger partial charge in [-0.05, 0) is 41.6 Å². The number of halogens is 1. The molecule has 0 radical (unpaired) electrons. The Balaban J connectivity index is 1.60. The summed E-state index contributed by atoms with van der Waals surface area (Å²) in [6, 6.07) is 18.4. The van der Waals surface area contributed by atoms with Crippen LogP contribution in [-0.4, -0.2) is 28.1 Å². The van der Waals surface area contributed by atoms with Crippen LogP contribution in [-0.2, 0) is 17.9 Å². The van der Waals surface area contributed by atoms with Crippen LogP contribution < -0.4 is 9.47 Å². The first-order valence-electron chi connectivity index (χ1n) is 10.4. The Bertz CT molecular complexity index is 1330. The normalized spacial score (nSPS) is 14.5. The SMILES string of the molecule is COc1cccc(/C=C2/SC(=O)N(Cc3ccccc3[N+](=O)[O-])C2=O)c1OCc1ccc(Cl)cc1. The second kappa shape index (κ2) is 10.6. The van der Waals surface area contributed by atoms with Gasteiger partial charge in [-0.3, -0.25) is 24.6 Å². The van der Waals surface area contributed by atoms with Crippen LogP contribution in [0.3, 0.4) is 0 Å². The summed E-state index contributed by atoms with van der Waals surface area (Å²) in [5, 5.41) is 11.4. The van der Waals surface area contributed by atoms with Crippen molar-refractivity contribution < 1.29 is 24.0 Å². The summed E-state index contributed by atoms with van der Waals surface area (Å²) >= 11 is 6.71. The second-order valence-corrected chi connectivity index (χ2v) is 8.88. The molecule has 3 aromatic rings. The van der Waals surface area contributed by atoms with E-state index in [1.807, 2.05) is 12.1 Å². The molecule has 0 bridgehead atoms. The number of amides is 2. The quantitative estimate of drug-likeness (QED) is 0.206. The largest absolute Gasteiger partial charge is 0.493 e. The number of thioether (sulfide) groups is 1. The van der Waals surface area contributed by atoms with Crippen molar-refractivity contribution in [3.8, 4) is 11.5 Å². The van der Waals surface area contributed by atoms with Gasteiger partial charge in [0.25, 0.3) is 16.8 Å². The van der Waals surface area contributed by atoms with Crippen LogP contribution in [0.1, 0.15) is 16.7 Å². The lowest BCUT2D eigenvalue weighted by Gasteiger charge is -2.14. The molecule has 0 aromatic heterocycles. The average Bonchev–Trinajstić information content (AvgIpc) is 3.11. The zero-order valence-corrected chi connectivity index (χ0v) is 20.0. The zero-order chi connectivity index (χ0) is 24.9. The lowest BCUT2D eigenvalue weighted by atomic mass is 10.1. The number of para-hydroxylation sites is 2. The van der Waals surface area contributed by atoms with Crippen molar-refractivity contribution in [3.63, 3.8) is 0 Å². The molecule has 0 aliphatic carbocycles. The van der Waals surface area contributed by atoms with Gasteiger partial charge in [0.15, 0.2) is 11.5 Å². The van der Waals surface area contributed by atoms with Gasteiger partial charge in [-0.1, -0.05) is 54.1 Å². The number of benzene rings is 3. The van der Waals surface area contributed by atoms with Gasteiger partial charge in [-0.25, -0.2) is 0 Å². The van der Waals surface area contributed by atoms with E-state index in [2.05, 4.69) is 0 Å². The molecule has 2 amide bonds. The molecule has 1 aliphatic rings. The molecule has 35 heavy (non-hydrogen) atoms. The van der Waals surface area contributed by atoms with E-state index in [9.17, 15) is 19.7 Å². The number of methoxy groups -OCH3 is 1. The number of carbonyl (C=O) groups excluding carboxylic acids is 2. The van der Waals surface area contributed by atoms with Crippen LogP contribution in [0.5, 0.6) is 11.5 Å². The smallest absolute Gasteiger partial charge is 0.293 e. The Morgan fingerprint density at radius 3 is 2.51 bits per heavy atom. The van der Waals surface area contributed by atoms with E-state index in [-0.39, 0.29) is 29.3 Å². The molecule has 4 rings (SSSR count). The van der Waals surface area contributed by atoms with Gasteiger partial charge in [0, 0.05) is 22.2 Å². The van der Waals surface area contributed by atoms with Gasteiger partial charge in [-0.2, -0.15) is 0 Å². The van der Waals surface area contributed by atoms with Gasteiger partial charge in [-0.15, -0.1) is 0 Å². The first-order chi connectivity index (χ1) is 16.9. The van der Waals surface area contributed by atoms with E-state index >= 15 is 0 Å². The van der Waals surface area contributed by atoms with Crippen molar-refractivity contribution in [2.75, 3.05) is 7.11 Å². The number of nitro groups is 1. The number of nitrogens with zero attached hydrogens (tertiary/aromatic N) is 2. The average molecular weight is 511 g/mol. The van der Waals surface area contributed by atoms with Gasteiger partial charge in [0.2, 0.25) is 0 Å². The van der Waals surface area contributed by atoms with Gasteiger partial charge < -0.3 is 9.47 Å². The molecule has 1 heterocycles. The summed E-state index contributed by atoms with van der Waals surface area (Å²) in [6.07, 6.45) is 1.56. The van der Waals surface area contributed by atoms with E-state index < -0.39 is 16.1 Å². The van der Waals surface area contributed by atoms with Gasteiger partial charge in [0.1, 0.15) is 6.61 Å². The highest BCUT2D eigenvalue weighted by Crippen LogP contribution is 2.38. The van der Waals surface area contributed by atoms with Crippen LogP contribution in [0, 0.1) is 10.1 Å². The van der Waals surface area contributed by atoms with E-state index in [0.29, 0.717) is 22.1 Å². The molecular formula is C25H19ClN2O6S. The maximum Gasteiger partial charge on any atom is 0.293 e. The minimum absolute atomic E-state index is 0.152. The Labute approximate surface area is 210 Å². The lowest BCUT2D eigenvalue weighted by molar-refractivity contribution is -0.385. The third kappa shape index (κ3) is 5.47. The highest BCUT2D eigenvalue weighted by Gasteiger charge is 2.36. The van der Waals surface area contributed by atoms with E-state index in [4.69, 9.17) is 21.1 Å². The summed E-state index contributed by atoms with van der Waals surface area (Å²) in [7, 11) is 1.51. The monoisotopic (exact) mass is 510 g/mol. The van der Waals surface area contributed by atoms with Gasteiger partial charge in [0.05, 0.1) is 23.5 Å². The number of hydrogen-bond donors (Lipinski definition) is 0. The molecule has 10 heteroatoms. The minimum atomic E-state index is -0.537. The van der Waals surface area contributed by atoms with Crippen LogP contribution in [0.4, 0.5) is 10.5 Å². The molecule has 0 atom stereocenters. The van der Waals surface area contributed by atoms with Crippen molar-refractivity contribution >= 4 is 46.3 Å². The molecular weight excluding hydrogens is 492 g/mol. The number of ether oxygens (including phenoxy) is 2. The number of hydrogen-bond acceptors (Lipinski definition) is 7. The molecule has 178 valence electrons. The molecule has 0 unspecified atom stereocenters. The summed E-state index contributed by atoms with van der Waals surface area (Å²) < 4.78 is 11.4. The minimum Gasteiger partial charge on any atom is -0.493 e. The molecule has 8 nitrogen and oxygen atoms in total. The highest BCUT2D eigenvalue weighted by molar-refractivity contribution is 8.18. The Morgan fingerprint density at radius 2 is 1.80 bits per heavy atom. The van der Waals surface area contributed by atoms with Crippen LogP contribution in [0.2, 0.25) is 5.02 Å². The number of carbonyl (C=O) groups is 2. The fourth-order valence-corrected chi connectivity index (χ4v) is 4.42. The third-order valence-corrected chi connectivity index (χ3v) is 6.36. The first kappa shape index (κ1) is 24.3. The Kier molecular flexibility index (Phi) is 7.38. The number of imide groups is 1. The Hall–Kier alpha value is -3.82. The molecule has 3 aromatic carbocycles. The van der Waals surface area contributed by atoms with Crippen LogP contribution in [0.15, 0.2) is 71.6 Å². The third-order valence-electron chi connectivity index (χ3n) is 5.20. The number of nitro benzene ring substituents is 1. The van der Waals surface area contributed by atoms with Crippen molar-refractivity contribution in [2.45, 2.75) is 13.2 Å². The van der Waals surface area contributed by atoms with Crippen molar-refractivity contribution in [3.05, 3.63) is 103 Å². The fourth-order valence-electron chi connectivity index (χ4n) is 3.47. The van der Waals surface area contributed by atoms with Crippen LogP contribution >= 0.6 is 23.4 Å². The van der Waals surface area contributed by atoms with E-state index in [0.717, 1.165) is 22.2 Å². The highest BCUT2D eigenvalue weighted by atomic mass is 35.5. The maximum absolute atomic E-state index is 13.0. The molecule has 0 saturated carbocycles. The molecule has 1 fully saturated rings. The topological polar surface area (TPSA) is 99.0 Å². The standard InChI is InChI=1S/C25H19ClN2O6S/c1-33-21-8-4-6-17(23(21)34-15-16-9-11-19(26)12-10-16)13-22-24(29)27(25(30)35-22)14-18-5-2-3-7-20(18)28(31)32/h2-13H,14-15H2,1H3/b22-13+. The van der Waals surface area contributed by atoms with Crippen molar-refractivity contribution in [1.29, 1.82) is 0 Å². The Morgan fingerprint density at radius 1 is 1.06 bits per heavy atom. The first-order valence-corrected chi connectivity index (χ1v) is 11.6. The molecule has 0 spiro atoms. The summed E-state index contributed by atoms with van der Waals surface area (Å²) in [5.41, 5.74) is 1.56. The molecule has 1 saturated heterocycles. The summed E-state index contributed by atoms with van der Waals surface area (Å²) in [5.74, 6) is 0.340. The maximum atomic E-state index is 13.0. The molecule has 0 N–H and O–H groups in total. The predicted octanol–water partition coefficient (Wildman–Crippen LogP) is 6.07. The van der Waals surface area contributed by atoms with Gasteiger partial charge >= 0.3 is 0 Å². The van der Waals surface area contributed by atoms with E-state index in [1.165, 1.54) is 25.3 Å². The molecule has 1 aliphatic heterocycles. The summed E-state index contributed by atoms with van der Waals surface area (Å²) in [6.45, 7) is 0.0364. The second-order valence-electron chi connectivity index (χ2n) is 7.45. The van der Waals surface area contributed by atoms with Crippen molar-refractivity contribution in [2.24, 2.45) is 0 Å². The zero-order valence-electron chi connectivity index (χ0n) is 18.5. The number of rotatable bonds is 8.